The summed E-state index contributed by atoms with van der Waals surface area (Å²) in [4.78, 5) is 5.04. The van der Waals surface area contributed by atoms with Crippen LogP contribution < -0.4 is 0 Å². The number of benzene rings is 1. The van der Waals surface area contributed by atoms with Crippen molar-refractivity contribution in [3.63, 3.8) is 0 Å². The van der Waals surface area contributed by atoms with Crippen LogP contribution in [-0.2, 0) is 4.84 Å². The highest BCUT2D eigenvalue weighted by atomic mass is 16.6. The quantitative estimate of drug-likeness (QED) is 0.372. The van der Waals surface area contributed by atoms with Gasteiger partial charge in [0, 0.05) is 5.28 Å². The molecule has 0 aliphatic rings. The Kier molecular flexibility index (Phi) is 6.21. The molecule has 0 radical (unpaired) electrons. The van der Waals surface area contributed by atoms with Gasteiger partial charge in [-0.3, -0.25) is 0 Å². The number of rotatable bonds is 7. The Morgan fingerprint density at radius 3 is 2.60 bits per heavy atom. The van der Waals surface area contributed by atoms with E-state index in [0.717, 1.165) is 12.1 Å². The topological polar surface area (TPSA) is 34.0 Å². The number of hydrogen-bond donors (Lipinski definition) is 0. The summed E-state index contributed by atoms with van der Waals surface area (Å²) in [6, 6.07) is 9.59. The van der Waals surface area contributed by atoms with Crippen molar-refractivity contribution < 1.29 is 4.84 Å². The Morgan fingerprint density at radius 2 is 1.87 bits per heavy atom. The van der Waals surface area contributed by atoms with Crippen molar-refractivity contribution in [3.8, 4) is 0 Å². The van der Waals surface area contributed by atoms with Gasteiger partial charge in [-0.15, -0.1) is 5.11 Å². The Labute approximate surface area is 91.1 Å². The fourth-order valence-corrected chi connectivity index (χ4v) is 1.20. The Hall–Kier alpha value is -1.38. The summed E-state index contributed by atoms with van der Waals surface area (Å²) in [6.45, 7) is 2.85. The molecule has 1 aromatic carbocycles. The first-order valence-corrected chi connectivity index (χ1v) is 5.51. The van der Waals surface area contributed by atoms with Gasteiger partial charge >= 0.3 is 0 Å². The lowest BCUT2D eigenvalue weighted by Crippen LogP contribution is -1.86. The third kappa shape index (κ3) is 5.83. The molecule has 0 N–H and O–H groups in total. The van der Waals surface area contributed by atoms with Crippen LogP contribution in [0.1, 0.15) is 32.6 Å². The lowest BCUT2D eigenvalue weighted by atomic mass is 10.2. The minimum Gasteiger partial charge on any atom is -0.379 e. The average molecular weight is 206 g/mol. The summed E-state index contributed by atoms with van der Waals surface area (Å²) in [6.07, 6.45) is 4.77. The molecule has 0 aliphatic carbocycles. The predicted octanol–water partition coefficient (Wildman–Crippen LogP) is 4.28. The molecule has 0 unspecified atom stereocenters. The third-order valence-electron chi connectivity index (χ3n) is 2.06. The molecule has 0 saturated heterocycles. The van der Waals surface area contributed by atoms with Crippen LogP contribution in [0.3, 0.4) is 0 Å². The van der Waals surface area contributed by atoms with Crippen LogP contribution in [0.4, 0.5) is 5.69 Å². The van der Waals surface area contributed by atoms with Gasteiger partial charge in [0.25, 0.3) is 0 Å². The second-order valence-corrected chi connectivity index (χ2v) is 3.41. The second kappa shape index (κ2) is 7.97. The monoisotopic (exact) mass is 206 g/mol. The van der Waals surface area contributed by atoms with Gasteiger partial charge in [0.05, 0.1) is 5.69 Å². The van der Waals surface area contributed by atoms with Gasteiger partial charge in [-0.05, 0) is 25.0 Å². The number of hydrogen-bond acceptors (Lipinski definition) is 3. The van der Waals surface area contributed by atoms with E-state index in [-0.39, 0.29) is 0 Å². The van der Waals surface area contributed by atoms with E-state index < -0.39 is 0 Å². The molecule has 0 fully saturated rings. The molecule has 0 spiro atoms. The Morgan fingerprint density at radius 1 is 1.07 bits per heavy atom. The molecule has 3 nitrogen and oxygen atoms in total. The maximum Gasteiger partial charge on any atom is 0.119 e. The van der Waals surface area contributed by atoms with Crippen molar-refractivity contribution in [2.24, 2.45) is 10.4 Å². The number of unbranched alkanes of at least 4 members (excludes halogenated alkanes) is 3. The van der Waals surface area contributed by atoms with Gasteiger partial charge in [-0.25, -0.2) is 0 Å². The minimum atomic E-state index is 0.663. The lowest BCUT2D eigenvalue weighted by Gasteiger charge is -1.97. The van der Waals surface area contributed by atoms with Gasteiger partial charge in [0.2, 0.25) is 0 Å². The molecule has 0 heterocycles. The van der Waals surface area contributed by atoms with Crippen LogP contribution in [0.25, 0.3) is 0 Å². The second-order valence-electron chi connectivity index (χ2n) is 3.41. The Balaban J connectivity index is 2.07. The standard InChI is InChI=1S/C12H18N2O/c1-2-3-4-8-11-15-14-13-12-9-6-5-7-10-12/h5-7,9-10H,2-4,8,11H2,1H3/b14-13+. The molecule has 1 rings (SSSR count). The van der Waals surface area contributed by atoms with Crippen LogP contribution in [-0.4, -0.2) is 6.61 Å². The smallest absolute Gasteiger partial charge is 0.119 e. The maximum atomic E-state index is 5.04. The molecule has 0 atom stereocenters. The van der Waals surface area contributed by atoms with Crippen molar-refractivity contribution in [1.82, 2.24) is 0 Å². The van der Waals surface area contributed by atoms with Crippen molar-refractivity contribution in [1.29, 1.82) is 0 Å². The van der Waals surface area contributed by atoms with E-state index in [9.17, 15) is 0 Å². The van der Waals surface area contributed by atoms with E-state index in [1.807, 2.05) is 30.3 Å². The SMILES string of the molecule is CCCCCCO/N=N/c1ccccc1. The van der Waals surface area contributed by atoms with Gasteiger partial charge in [-0.1, -0.05) is 38.0 Å². The molecule has 15 heavy (non-hydrogen) atoms. The summed E-state index contributed by atoms with van der Waals surface area (Å²) in [5.41, 5.74) is 0.825. The van der Waals surface area contributed by atoms with Crippen LogP contribution in [0, 0.1) is 0 Å². The van der Waals surface area contributed by atoms with Gasteiger partial charge in [0.1, 0.15) is 6.61 Å². The summed E-state index contributed by atoms with van der Waals surface area (Å²) in [7, 11) is 0. The van der Waals surface area contributed by atoms with Crippen molar-refractivity contribution in [3.05, 3.63) is 30.3 Å². The molecule has 0 aliphatic heterocycles. The number of nitrogens with zero attached hydrogens (tertiary/aromatic N) is 2. The summed E-state index contributed by atoms with van der Waals surface area (Å²) < 4.78 is 0. The first-order valence-electron chi connectivity index (χ1n) is 5.51. The maximum absolute atomic E-state index is 5.04. The van der Waals surface area contributed by atoms with E-state index in [0.29, 0.717) is 6.61 Å². The first kappa shape index (κ1) is 11.7. The third-order valence-corrected chi connectivity index (χ3v) is 2.06. The molecule has 0 saturated carbocycles. The fourth-order valence-electron chi connectivity index (χ4n) is 1.20. The molecule has 0 aromatic heterocycles. The zero-order chi connectivity index (χ0) is 10.8. The highest BCUT2D eigenvalue weighted by Crippen LogP contribution is 2.10. The fraction of sp³-hybridized carbons (Fsp3) is 0.500. The summed E-state index contributed by atoms with van der Waals surface area (Å²) >= 11 is 0. The molecule has 1 aromatic rings. The summed E-state index contributed by atoms with van der Waals surface area (Å²) in [5, 5.41) is 7.59. The van der Waals surface area contributed by atoms with Crippen LogP contribution in [0.15, 0.2) is 40.7 Å². The van der Waals surface area contributed by atoms with Crippen molar-refractivity contribution in [2.75, 3.05) is 6.61 Å². The van der Waals surface area contributed by atoms with Gasteiger partial charge in [-0.2, -0.15) is 0 Å². The van der Waals surface area contributed by atoms with E-state index in [2.05, 4.69) is 17.3 Å². The van der Waals surface area contributed by atoms with E-state index in [1.54, 1.807) is 0 Å². The highest BCUT2D eigenvalue weighted by molar-refractivity contribution is 5.34. The molecule has 3 heteroatoms. The largest absolute Gasteiger partial charge is 0.379 e. The molecule has 0 amide bonds. The van der Waals surface area contributed by atoms with E-state index in [1.165, 1.54) is 19.3 Å². The molecular formula is C12H18N2O. The highest BCUT2D eigenvalue weighted by Gasteiger charge is 1.88. The predicted molar refractivity (Wildman–Crippen MR) is 61.1 cm³/mol. The van der Waals surface area contributed by atoms with E-state index >= 15 is 0 Å². The zero-order valence-corrected chi connectivity index (χ0v) is 9.22. The van der Waals surface area contributed by atoms with Crippen LogP contribution >= 0.6 is 0 Å². The first-order chi connectivity index (χ1) is 7.43. The molecular weight excluding hydrogens is 188 g/mol. The van der Waals surface area contributed by atoms with E-state index in [4.69, 9.17) is 4.84 Å². The van der Waals surface area contributed by atoms with Crippen LogP contribution in [0.2, 0.25) is 0 Å². The Bertz CT molecular complexity index is 272. The average Bonchev–Trinajstić information content (AvgIpc) is 2.29. The van der Waals surface area contributed by atoms with Crippen LogP contribution in [0.5, 0.6) is 0 Å². The van der Waals surface area contributed by atoms with Gasteiger partial charge < -0.3 is 4.84 Å². The minimum absolute atomic E-state index is 0.663. The lowest BCUT2D eigenvalue weighted by molar-refractivity contribution is 0.121. The van der Waals surface area contributed by atoms with Crippen molar-refractivity contribution >= 4 is 5.69 Å². The summed E-state index contributed by atoms with van der Waals surface area (Å²) in [5.74, 6) is 0. The zero-order valence-electron chi connectivity index (χ0n) is 9.22. The van der Waals surface area contributed by atoms with Gasteiger partial charge in [0.15, 0.2) is 0 Å². The van der Waals surface area contributed by atoms with Crippen molar-refractivity contribution in [2.45, 2.75) is 32.6 Å². The molecule has 82 valence electrons. The molecule has 0 bridgehead atoms. The normalized spacial score (nSPS) is 10.7.